The maximum Gasteiger partial charge on any atom is 0.0887 e. The average molecular weight is 297 g/mol. The van der Waals surface area contributed by atoms with E-state index in [1.807, 2.05) is 24.3 Å². The predicted octanol–water partition coefficient (Wildman–Crippen LogP) is 2.87. The fourth-order valence-electron chi connectivity index (χ4n) is 3.11. The van der Waals surface area contributed by atoms with Crippen LogP contribution in [0.5, 0.6) is 0 Å². The number of aliphatic hydroxyl groups is 1. The zero-order chi connectivity index (χ0) is 15.2. The molecule has 2 aromatic carbocycles. The highest BCUT2D eigenvalue weighted by Gasteiger charge is 2.28. The molecule has 0 amide bonds. The van der Waals surface area contributed by atoms with Gasteiger partial charge in [-0.1, -0.05) is 60.7 Å². The molecule has 0 aromatic heterocycles. The predicted molar refractivity (Wildman–Crippen MR) is 87.4 cm³/mol. The molecule has 1 saturated heterocycles. The van der Waals surface area contributed by atoms with Gasteiger partial charge in [-0.2, -0.15) is 0 Å². The summed E-state index contributed by atoms with van der Waals surface area (Å²) in [6, 6.07) is 20.7. The van der Waals surface area contributed by atoms with Gasteiger partial charge < -0.3 is 9.84 Å². The molecule has 2 aromatic rings. The van der Waals surface area contributed by atoms with Gasteiger partial charge in [0.1, 0.15) is 0 Å². The molecule has 0 aliphatic carbocycles. The number of ether oxygens (including phenoxy) is 1. The molecule has 3 nitrogen and oxygen atoms in total. The van der Waals surface area contributed by atoms with Crippen LogP contribution in [0.1, 0.15) is 17.2 Å². The van der Waals surface area contributed by atoms with Crippen LogP contribution < -0.4 is 0 Å². The van der Waals surface area contributed by atoms with Crippen molar-refractivity contribution in [1.29, 1.82) is 0 Å². The molecule has 0 spiro atoms. The summed E-state index contributed by atoms with van der Waals surface area (Å²) in [7, 11) is 0. The van der Waals surface area contributed by atoms with Crippen LogP contribution in [0.2, 0.25) is 0 Å². The smallest absolute Gasteiger partial charge is 0.0887 e. The van der Waals surface area contributed by atoms with E-state index in [1.54, 1.807) is 0 Å². The summed E-state index contributed by atoms with van der Waals surface area (Å²) in [5.41, 5.74) is 2.46. The number of hydrogen-bond donors (Lipinski definition) is 1. The molecule has 1 heterocycles. The van der Waals surface area contributed by atoms with E-state index in [2.05, 4.69) is 41.3 Å². The van der Waals surface area contributed by atoms with E-state index in [0.717, 1.165) is 25.2 Å². The van der Waals surface area contributed by atoms with Crippen molar-refractivity contribution in [3.8, 4) is 0 Å². The molecule has 1 aliphatic heterocycles. The first kappa shape index (κ1) is 15.2. The Bertz CT molecular complexity index is 558. The molecular formula is C19H23NO2. The van der Waals surface area contributed by atoms with E-state index in [0.29, 0.717) is 6.61 Å². The minimum atomic E-state index is -0.0213. The normalized spacial score (nSPS) is 23.1. The quantitative estimate of drug-likeness (QED) is 0.942. The molecule has 1 unspecified atom stereocenters. The summed E-state index contributed by atoms with van der Waals surface area (Å²) in [5, 5.41) is 9.82. The summed E-state index contributed by atoms with van der Waals surface area (Å²) >= 11 is 0. The minimum absolute atomic E-state index is 0.0213. The Morgan fingerprint density at radius 3 is 2.36 bits per heavy atom. The van der Waals surface area contributed by atoms with Crippen molar-refractivity contribution < 1.29 is 9.84 Å². The molecule has 1 fully saturated rings. The lowest BCUT2D eigenvalue weighted by Crippen LogP contribution is -2.31. The molecule has 1 aliphatic rings. The molecule has 116 valence electrons. The van der Waals surface area contributed by atoms with Gasteiger partial charge in [0.05, 0.1) is 12.7 Å². The first-order valence-corrected chi connectivity index (χ1v) is 7.90. The summed E-state index contributed by atoms with van der Waals surface area (Å²) < 4.78 is 6.06. The van der Waals surface area contributed by atoms with Gasteiger partial charge in [0.25, 0.3) is 0 Å². The van der Waals surface area contributed by atoms with Crippen molar-refractivity contribution in [3.05, 3.63) is 71.8 Å². The van der Waals surface area contributed by atoms with Crippen molar-refractivity contribution in [2.75, 3.05) is 26.3 Å². The molecule has 22 heavy (non-hydrogen) atoms. The highest BCUT2D eigenvalue weighted by molar-refractivity contribution is 5.19. The first-order valence-electron chi connectivity index (χ1n) is 7.90. The zero-order valence-corrected chi connectivity index (χ0v) is 12.8. The van der Waals surface area contributed by atoms with Gasteiger partial charge in [-0.05, 0) is 11.1 Å². The Balaban J connectivity index is 1.71. The molecule has 1 N–H and O–H groups in total. The van der Waals surface area contributed by atoms with E-state index < -0.39 is 0 Å². The maximum absolute atomic E-state index is 9.82. The standard InChI is InChI=1S/C19H23NO2/c21-15-18-14-20(13-16-7-3-1-4-8-16)11-12-22-19(18)17-9-5-2-6-10-17/h1-10,18-19,21H,11-15H2/t18-,19?/m0/s1. The topological polar surface area (TPSA) is 32.7 Å². The summed E-state index contributed by atoms with van der Waals surface area (Å²) in [5.74, 6) is 0.105. The van der Waals surface area contributed by atoms with Crippen LogP contribution in [0.3, 0.4) is 0 Å². The molecule has 0 bridgehead atoms. The summed E-state index contributed by atoms with van der Waals surface area (Å²) in [6.45, 7) is 3.50. The third-order valence-electron chi connectivity index (χ3n) is 4.24. The van der Waals surface area contributed by atoms with E-state index in [-0.39, 0.29) is 18.6 Å². The van der Waals surface area contributed by atoms with E-state index in [9.17, 15) is 5.11 Å². The molecule has 3 heteroatoms. The number of benzene rings is 2. The molecule has 2 atom stereocenters. The summed E-state index contributed by atoms with van der Waals surface area (Å²) in [4.78, 5) is 2.37. The highest BCUT2D eigenvalue weighted by atomic mass is 16.5. The number of aliphatic hydroxyl groups excluding tert-OH is 1. The van der Waals surface area contributed by atoms with Crippen LogP contribution in [0.4, 0.5) is 0 Å². The number of nitrogens with zero attached hydrogens (tertiary/aromatic N) is 1. The van der Waals surface area contributed by atoms with Crippen LogP contribution in [0, 0.1) is 5.92 Å². The van der Waals surface area contributed by atoms with Gasteiger partial charge in [-0.15, -0.1) is 0 Å². The van der Waals surface area contributed by atoms with Crippen molar-refractivity contribution in [2.45, 2.75) is 12.6 Å². The van der Waals surface area contributed by atoms with E-state index in [1.165, 1.54) is 5.56 Å². The number of rotatable bonds is 4. The van der Waals surface area contributed by atoms with Crippen LogP contribution in [-0.4, -0.2) is 36.3 Å². The van der Waals surface area contributed by atoms with Gasteiger partial charge in [0.2, 0.25) is 0 Å². The molecule has 0 radical (unpaired) electrons. The zero-order valence-electron chi connectivity index (χ0n) is 12.8. The lowest BCUT2D eigenvalue weighted by atomic mass is 9.96. The fraction of sp³-hybridized carbons (Fsp3) is 0.368. The van der Waals surface area contributed by atoms with Crippen LogP contribution in [-0.2, 0) is 11.3 Å². The first-order chi connectivity index (χ1) is 10.9. The third-order valence-corrected chi connectivity index (χ3v) is 4.24. The fourth-order valence-corrected chi connectivity index (χ4v) is 3.11. The molecule has 3 rings (SSSR count). The Hall–Kier alpha value is -1.68. The SMILES string of the molecule is OC[C@@H]1CN(Cc2ccccc2)CCOC1c1ccccc1. The third kappa shape index (κ3) is 3.74. The Labute approximate surface area is 132 Å². The molecular weight excluding hydrogens is 274 g/mol. The average Bonchev–Trinajstić information content (AvgIpc) is 2.78. The van der Waals surface area contributed by atoms with E-state index in [4.69, 9.17) is 4.74 Å². The van der Waals surface area contributed by atoms with E-state index >= 15 is 0 Å². The minimum Gasteiger partial charge on any atom is -0.396 e. The Kier molecular flexibility index (Phi) is 5.22. The van der Waals surface area contributed by atoms with Crippen molar-refractivity contribution in [3.63, 3.8) is 0 Å². The second kappa shape index (κ2) is 7.54. The lowest BCUT2D eigenvalue weighted by Gasteiger charge is -2.26. The monoisotopic (exact) mass is 297 g/mol. The largest absolute Gasteiger partial charge is 0.396 e. The van der Waals surface area contributed by atoms with Gasteiger partial charge in [0, 0.05) is 32.2 Å². The van der Waals surface area contributed by atoms with Crippen molar-refractivity contribution in [2.24, 2.45) is 5.92 Å². The van der Waals surface area contributed by atoms with Gasteiger partial charge >= 0.3 is 0 Å². The summed E-state index contributed by atoms with van der Waals surface area (Å²) in [6.07, 6.45) is -0.0213. The lowest BCUT2D eigenvalue weighted by molar-refractivity contribution is 0.0113. The second-order valence-electron chi connectivity index (χ2n) is 5.87. The van der Waals surface area contributed by atoms with Gasteiger partial charge in [0.15, 0.2) is 0 Å². The van der Waals surface area contributed by atoms with Gasteiger partial charge in [-0.25, -0.2) is 0 Å². The number of hydrogen-bond acceptors (Lipinski definition) is 3. The van der Waals surface area contributed by atoms with Crippen LogP contribution in [0.25, 0.3) is 0 Å². The Morgan fingerprint density at radius 1 is 1.00 bits per heavy atom. The second-order valence-corrected chi connectivity index (χ2v) is 5.87. The highest BCUT2D eigenvalue weighted by Crippen LogP contribution is 2.29. The van der Waals surface area contributed by atoms with Crippen molar-refractivity contribution in [1.82, 2.24) is 4.90 Å². The van der Waals surface area contributed by atoms with Gasteiger partial charge in [-0.3, -0.25) is 4.90 Å². The van der Waals surface area contributed by atoms with Crippen LogP contribution in [0.15, 0.2) is 60.7 Å². The maximum atomic E-state index is 9.82. The Morgan fingerprint density at radius 2 is 1.68 bits per heavy atom. The molecule has 0 saturated carbocycles. The van der Waals surface area contributed by atoms with Crippen molar-refractivity contribution >= 4 is 0 Å². The van der Waals surface area contributed by atoms with Crippen LogP contribution >= 0.6 is 0 Å².